The first-order valence-electron chi connectivity index (χ1n) is 8.29. The summed E-state index contributed by atoms with van der Waals surface area (Å²) in [5.41, 5.74) is 4.14. The van der Waals surface area contributed by atoms with E-state index in [2.05, 4.69) is 15.5 Å². The highest BCUT2D eigenvalue weighted by Crippen LogP contribution is 2.30. The Morgan fingerprint density at radius 2 is 2.04 bits per heavy atom. The van der Waals surface area contributed by atoms with Crippen molar-refractivity contribution in [2.24, 2.45) is 0 Å². The van der Waals surface area contributed by atoms with Gasteiger partial charge >= 0.3 is 0 Å². The van der Waals surface area contributed by atoms with E-state index < -0.39 is 0 Å². The lowest BCUT2D eigenvalue weighted by Gasteiger charge is -2.10. The van der Waals surface area contributed by atoms with Gasteiger partial charge in [0.25, 0.3) is 0 Å². The van der Waals surface area contributed by atoms with Crippen LogP contribution in [0.2, 0.25) is 0 Å². The van der Waals surface area contributed by atoms with Crippen molar-refractivity contribution in [3.8, 4) is 11.5 Å². The van der Waals surface area contributed by atoms with Crippen molar-refractivity contribution in [3.63, 3.8) is 0 Å². The summed E-state index contributed by atoms with van der Waals surface area (Å²) in [6, 6.07) is 5.79. The molecular formula is C18H23N3O3. The van der Waals surface area contributed by atoms with Crippen molar-refractivity contribution in [2.75, 3.05) is 13.2 Å². The van der Waals surface area contributed by atoms with Gasteiger partial charge in [-0.05, 0) is 37.1 Å². The zero-order chi connectivity index (χ0) is 16.9. The maximum atomic E-state index is 12.0. The minimum absolute atomic E-state index is 0.0159. The number of rotatable bonds is 5. The van der Waals surface area contributed by atoms with Crippen LogP contribution in [0.3, 0.4) is 0 Å². The summed E-state index contributed by atoms with van der Waals surface area (Å²) in [5, 5.41) is 10.1. The minimum Gasteiger partial charge on any atom is -0.490 e. The molecule has 0 aliphatic carbocycles. The molecule has 1 aromatic heterocycles. The fourth-order valence-electron chi connectivity index (χ4n) is 2.62. The second kappa shape index (κ2) is 7.38. The van der Waals surface area contributed by atoms with Crippen LogP contribution in [-0.4, -0.2) is 29.3 Å². The van der Waals surface area contributed by atoms with Crippen molar-refractivity contribution >= 4 is 5.91 Å². The number of carbonyl (C=O) groups excluding carboxylic acids is 1. The van der Waals surface area contributed by atoms with Gasteiger partial charge in [0.05, 0.1) is 18.9 Å². The predicted octanol–water partition coefficient (Wildman–Crippen LogP) is 2.44. The minimum atomic E-state index is 0.0159. The number of fused-ring (bicyclic) bond motifs is 1. The van der Waals surface area contributed by atoms with E-state index in [9.17, 15) is 4.79 Å². The van der Waals surface area contributed by atoms with E-state index in [1.165, 1.54) is 0 Å². The van der Waals surface area contributed by atoms with Crippen LogP contribution in [-0.2, 0) is 17.8 Å². The van der Waals surface area contributed by atoms with E-state index in [4.69, 9.17) is 9.47 Å². The largest absolute Gasteiger partial charge is 0.490 e. The lowest BCUT2D eigenvalue weighted by atomic mass is 10.1. The van der Waals surface area contributed by atoms with Crippen LogP contribution >= 0.6 is 0 Å². The summed E-state index contributed by atoms with van der Waals surface area (Å²) in [5.74, 6) is 1.54. The van der Waals surface area contributed by atoms with Crippen LogP contribution < -0.4 is 14.8 Å². The Hall–Kier alpha value is -2.50. The van der Waals surface area contributed by atoms with Crippen LogP contribution in [0.1, 0.15) is 35.4 Å². The fourth-order valence-corrected chi connectivity index (χ4v) is 2.62. The Kier molecular flexibility index (Phi) is 5.03. The van der Waals surface area contributed by atoms with E-state index in [0.29, 0.717) is 32.6 Å². The van der Waals surface area contributed by atoms with E-state index in [1.54, 1.807) is 0 Å². The first-order valence-corrected chi connectivity index (χ1v) is 8.29. The number of hydrogen-bond donors (Lipinski definition) is 2. The lowest BCUT2D eigenvalue weighted by Crippen LogP contribution is -2.23. The quantitative estimate of drug-likeness (QED) is 0.883. The van der Waals surface area contributed by atoms with Crippen molar-refractivity contribution in [2.45, 2.75) is 39.7 Å². The molecule has 0 radical (unpaired) electrons. The van der Waals surface area contributed by atoms with Gasteiger partial charge in [-0.25, -0.2) is 0 Å². The highest BCUT2D eigenvalue weighted by molar-refractivity contribution is 5.76. The van der Waals surface area contributed by atoms with E-state index in [0.717, 1.165) is 40.4 Å². The third-order valence-electron chi connectivity index (χ3n) is 4.24. The van der Waals surface area contributed by atoms with Gasteiger partial charge in [0.1, 0.15) is 0 Å². The number of amides is 1. The summed E-state index contributed by atoms with van der Waals surface area (Å²) in [6.07, 6.45) is 1.95. The lowest BCUT2D eigenvalue weighted by molar-refractivity contribution is -0.121. The van der Waals surface area contributed by atoms with Crippen LogP contribution in [0.5, 0.6) is 11.5 Å². The SMILES string of the molecule is Cc1[nH]nc(CCC(=O)NCc2ccc3c(c2)OCCCO3)c1C. The van der Waals surface area contributed by atoms with Crippen LogP contribution in [0.15, 0.2) is 18.2 Å². The molecule has 0 atom stereocenters. The molecule has 2 aromatic rings. The number of aryl methyl sites for hydroxylation is 2. The molecule has 1 amide bonds. The number of H-pyrrole nitrogens is 1. The average Bonchev–Trinajstić information content (AvgIpc) is 2.79. The van der Waals surface area contributed by atoms with Crippen molar-refractivity contribution < 1.29 is 14.3 Å². The third kappa shape index (κ3) is 3.88. The summed E-state index contributed by atoms with van der Waals surface area (Å²) in [4.78, 5) is 12.0. The number of aromatic nitrogens is 2. The molecular weight excluding hydrogens is 306 g/mol. The first-order chi connectivity index (χ1) is 11.6. The molecule has 1 aliphatic heterocycles. The summed E-state index contributed by atoms with van der Waals surface area (Å²) in [7, 11) is 0. The number of ether oxygens (including phenoxy) is 2. The molecule has 2 N–H and O–H groups in total. The number of nitrogens with zero attached hydrogens (tertiary/aromatic N) is 1. The Labute approximate surface area is 141 Å². The molecule has 0 unspecified atom stereocenters. The Balaban J connectivity index is 1.51. The van der Waals surface area contributed by atoms with Crippen molar-refractivity contribution in [1.82, 2.24) is 15.5 Å². The Morgan fingerprint density at radius 3 is 2.79 bits per heavy atom. The molecule has 3 rings (SSSR count). The number of aromatic amines is 1. The number of hydrogen-bond acceptors (Lipinski definition) is 4. The predicted molar refractivity (Wildman–Crippen MR) is 90.3 cm³/mol. The molecule has 6 heteroatoms. The molecule has 24 heavy (non-hydrogen) atoms. The first kappa shape index (κ1) is 16.4. The van der Waals surface area contributed by atoms with E-state index in [1.807, 2.05) is 32.0 Å². The van der Waals surface area contributed by atoms with Crippen LogP contribution in [0.4, 0.5) is 0 Å². The van der Waals surface area contributed by atoms with Gasteiger partial charge in [-0.3, -0.25) is 9.89 Å². The highest BCUT2D eigenvalue weighted by Gasteiger charge is 2.12. The molecule has 6 nitrogen and oxygen atoms in total. The van der Waals surface area contributed by atoms with Crippen LogP contribution in [0, 0.1) is 13.8 Å². The number of benzene rings is 1. The van der Waals surface area contributed by atoms with Gasteiger partial charge in [0, 0.05) is 31.5 Å². The zero-order valence-corrected chi connectivity index (χ0v) is 14.1. The van der Waals surface area contributed by atoms with E-state index in [-0.39, 0.29) is 5.91 Å². The summed E-state index contributed by atoms with van der Waals surface area (Å²) < 4.78 is 11.3. The molecule has 0 spiro atoms. The van der Waals surface area contributed by atoms with Crippen LogP contribution in [0.25, 0.3) is 0 Å². The van der Waals surface area contributed by atoms with Gasteiger partial charge < -0.3 is 14.8 Å². The normalized spacial score (nSPS) is 13.4. The second-order valence-electron chi connectivity index (χ2n) is 6.03. The Bertz CT molecular complexity index is 724. The van der Waals surface area contributed by atoms with E-state index >= 15 is 0 Å². The molecule has 0 fully saturated rings. The maximum absolute atomic E-state index is 12.0. The highest BCUT2D eigenvalue weighted by atomic mass is 16.5. The van der Waals surface area contributed by atoms with Crippen molar-refractivity contribution in [3.05, 3.63) is 40.7 Å². The zero-order valence-electron chi connectivity index (χ0n) is 14.1. The fraction of sp³-hybridized carbons (Fsp3) is 0.444. The smallest absolute Gasteiger partial charge is 0.220 e. The standard InChI is InChI=1S/C18H23N3O3/c1-12-13(2)20-21-15(12)5-7-18(22)19-11-14-4-6-16-17(10-14)24-9-3-8-23-16/h4,6,10H,3,5,7-9,11H2,1-2H3,(H,19,22)(H,20,21). The molecule has 0 bridgehead atoms. The average molecular weight is 329 g/mol. The molecule has 1 aliphatic rings. The Morgan fingerprint density at radius 1 is 1.25 bits per heavy atom. The number of carbonyl (C=O) groups is 1. The number of nitrogens with one attached hydrogen (secondary N) is 2. The topological polar surface area (TPSA) is 76.2 Å². The molecule has 0 saturated heterocycles. The van der Waals surface area contributed by atoms with Gasteiger partial charge in [0.2, 0.25) is 5.91 Å². The van der Waals surface area contributed by atoms with Gasteiger partial charge in [-0.1, -0.05) is 6.07 Å². The summed E-state index contributed by atoms with van der Waals surface area (Å²) >= 11 is 0. The van der Waals surface area contributed by atoms with Crippen molar-refractivity contribution in [1.29, 1.82) is 0 Å². The molecule has 2 heterocycles. The molecule has 128 valence electrons. The monoisotopic (exact) mass is 329 g/mol. The summed E-state index contributed by atoms with van der Waals surface area (Å²) in [6.45, 7) is 5.81. The third-order valence-corrected chi connectivity index (χ3v) is 4.24. The maximum Gasteiger partial charge on any atom is 0.220 e. The van der Waals surface area contributed by atoms with Gasteiger partial charge in [-0.15, -0.1) is 0 Å². The van der Waals surface area contributed by atoms with Gasteiger partial charge in [0.15, 0.2) is 11.5 Å². The molecule has 0 saturated carbocycles. The van der Waals surface area contributed by atoms with Gasteiger partial charge in [-0.2, -0.15) is 5.10 Å². The second-order valence-corrected chi connectivity index (χ2v) is 6.03. The molecule has 1 aromatic carbocycles.